The van der Waals surface area contributed by atoms with Crippen LogP contribution in [-0.4, -0.2) is 37.7 Å². The largest absolute Gasteiger partial charge is 0.372 e. The zero-order valence-electron chi connectivity index (χ0n) is 14.9. The summed E-state index contributed by atoms with van der Waals surface area (Å²) in [6.45, 7) is 4.55. The third kappa shape index (κ3) is 3.05. The highest BCUT2D eigenvalue weighted by molar-refractivity contribution is 5.78. The number of hydrogen-bond acceptors (Lipinski definition) is 5. The molecule has 0 saturated carbocycles. The molecule has 0 radical (unpaired) electrons. The number of fused-ring (bicyclic) bond motifs is 1. The van der Waals surface area contributed by atoms with E-state index in [0.29, 0.717) is 5.92 Å². The highest BCUT2D eigenvalue weighted by Crippen LogP contribution is 2.33. The van der Waals surface area contributed by atoms with Gasteiger partial charge in [0.05, 0.1) is 11.4 Å². The second-order valence-corrected chi connectivity index (χ2v) is 6.77. The lowest BCUT2D eigenvalue weighted by molar-refractivity contribution is 0.0838. The summed E-state index contributed by atoms with van der Waals surface area (Å²) in [6, 6.07) is 4.23. The molecule has 3 aromatic rings. The average Bonchev–Trinajstić information content (AvgIpc) is 3.28. The molecule has 4 rings (SSSR count). The molecule has 1 N–H and O–H groups in total. The van der Waals surface area contributed by atoms with Gasteiger partial charge in [0, 0.05) is 57.5 Å². The summed E-state index contributed by atoms with van der Waals surface area (Å²) in [5, 5.41) is 13.4. The molecular weight excluding hydrogens is 316 g/mol. The number of pyridine rings is 1. The molecular formula is C18H24N6O. The molecule has 2 atom stereocenters. The van der Waals surface area contributed by atoms with Crippen molar-refractivity contribution in [2.45, 2.75) is 26.0 Å². The Morgan fingerprint density at radius 3 is 3.00 bits per heavy atom. The molecule has 1 aliphatic rings. The zero-order chi connectivity index (χ0) is 17.4. The summed E-state index contributed by atoms with van der Waals surface area (Å²) in [5.41, 5.74) is 4.28. The molecule has 7 heteroatoms. The molecule has 0 unspecified atom stereocenters. The smallest absolute Gasteiger partial charge is 0.157 e. The van der Waals surface area contributed by atoms with Crippen molar-refractivity contribution in [3.63, 3.8) is 0 Å². The molecule has 0 amide bonds. The molecule has 4 heterocycles. The number of hydrogen-bond donors (Lipinski definition) is 1. The second-order valence-electron chi connectivity index (χ2n) is 6.77. The highest BCUT2D eigenvalue weighted by Gasteiger charge is 2.31. The van der Waals surface area contributed by atoms with Crippen molar-refractivity contribution in [2.24, 2.45) is 20.0 Å². The van der Waals surface area contributed by atoms with E-state index in [2.05, 4.69) is 26.6 Å². The van der Waals surface area contributed by atoms with Crippen LogP contribution in [0.5, 0.6) is 0 Å². The fourth-order valence-corrected chi connectivity index (χ4v) is 3.68. The molecule has 1 aliphatic heterocycles. The number of nitrogens with zero attached hydrogens (tertiary/aromatic N) is 5. The third-order valence-corrected chi connectivity index (χ3v) is 5.02. The van der Waals surface area contributed by atoms with E-state index < -0.39 is 0 Å². The Morgan fingerprint density at radius 2 is 2.20 bits per heavy atom. The van der Waals surface area contributed by atoms with Crippen LogP contribution in [0.4, 0.5) is 0 Å². The van der Waals surface area contributed by atoms with E-state index in [-0.39, 0.29) is 6.10 Å². The van der Waals surface area contributed by atoms with E-state index in [4.69, 9.17) is 4.74 Å². The van der Waals surface area contributed by atoms with E-state index in [9.17, 15) is 0 Å². The topological polar surface area (TPSA) is 69.8 Å². The molecule has 1 fully saturated rings. The first kappa shape index (κ1) is 16.2. The molecule has 25 heavy (non-hydrogen) atoms. The van der Waals surface area contributed by atoms with Crippen molar-refractivity contribution < 1.29 is 4.74 Å². The summed E-state index contributed by atoms with van der Waals surface area (Å²) < 4.78 is 9.68. The second kappa shape index (κ2) is 6.57. The summed E-state index contributed by atoms with van der Waals surface area (Å²) in [5.74, 6) is 0.465. The molecule has 0 bridgehead atoms. The summed E-state index contributed by atoms with van der Waals surface area (Å²) >= 11 is 0. The standard InChI is InChI=1S/C18H24N6O/c1-12-15-8-13(10-20-18(15)24(3)22-12)9-19-11-14-5-7-25-17(14)16-4-6-21-23(16)2/h4,6,8,10,14,17,19H,5,7,9,11H2,1-3H3/t14-,17+/m0/s1. The van der Waals surface area contributed by atoms with E-state index in [1.807, 2.05) is 48.8 Å². The first-order valence-electron chi connectivity index (χ1n) is 8.72. The number of ether oxygens (including phenoxy) is 1. The maximum Gasteiger partial charge on any atom is 0.157 e. The van der Waals surface area contributed by atoms with Gasteiger partial charge in [-0.05, 0) is 31.0 Å². The monoisotopic (exact) mass is 340 g/mol. The van der Waals surface area contributed by atoms with Crippen LogP contribution in [-0.2, 0) is 25.4 Å². The lowest BCUT2D eigenvalue weighted by Crippen LogP contribution is -2.25. The van der Waals surface area contributed by atoms with Crippen LogP contribution in [0.25, 0.3) is 11.0 Å². The molecule has 3 aromatic heterocycles. The number of rotatable bonds is 5. The fraction of sp³-hybridized carbons (Fsp3) is 0.500. The Labute approximate surface area is 147 Å². The molecule has 0 aromatic carbocycles. The predicted octanol–water partition coefficient (Wildman–Crippen LogP) is 1.88. The first-order chi connectivity index (χ1) is 12.1. The minimum Gasteiger partial charge on any atom is -0.372 e. The number of aryl methyl sites for hydroxylation is 3. The van der Waals surface area contributed by atoms with E-state index in [0.717, 1.165) is 48.5 Å². The van der Waals surface area contributed by atoms with Gasteiger partial charge in [0.25, 0.3) is 0 Å². The van der Waals surface area contributed by atoms with Crippen molar-refractivity contribution in [2.75, 3.05) is 13.2 Å². The Bertz CT molecular complexity index is 883. The van der Waals surface area contributed by atoms with Crippen molar-refractivity contribution in [3.8, 4) is 0 Å². The third-order valence-electron chi connectivity index (χ3n) is 5.02. The van der Waals surface area contributed by atoms with Gasteiger partial charge in [0.2, 0.25) is 0 Å². The van der Waals surface area contributed by atoms with Crippen LogP contribution in [0.3, 0.4) is 0 Å². The van der Waals surface area contributed by atoms with Gasteiger partial charge in [-0.3, -0.25) is 9.36 Å². The normalized spacial score (nSPS) is 20.6. The molecule has 0 aliphatic carbocycles. The molecule has 7 nitrogen and oxygen atoms in total. The SMILES string of the molecule is Cc1nn(C)c2ncc(CNC[C@@H]3CCO[C@H]3c3ccnn3C)cc12. The van der Waals surface area contributed by atoms with Crippen LogP contribution < -0.4 is 5.32 Å². The van der Waals surface area contributed by atoms with Gasteiger partial charge in [-0.15, -0.1) is 0 Å². The molecule has 0 spiro atoms. The van der Waals surface area contributed by atoms with Crippen LogP contribution in [0.1, 0.15) is 29.5 Å². The van der Waals surface area contributed by atoms with Gasteiger partial charge < -0.3 is 10.1 Å². The van der Waals surface area contributed by atoms with Crippen LogP contribution in [0.15, 0.2) is 24.5 Å². The maximum atomic E-state index is 5.95. The summed E-state index contributed by atoms with van der Waals surface area (Å²) in [7, 11) is 3.90. The van der Waals surface area contributed by atoms with Crippen LogP contribution >= 0.6 is 0 Å². The minimum atomic E-state index is 0.126. The fourth-order valence-electron chi connectivity index (χ4n) is 3.68. The van der Waals surface area contributed by atoms with E-state index in [1.54, 1.807) is 0 Å². The number of nitrogens with one attached hydrogen (secondary N) is 1. The van der Waals surface area contributed by atoms with E-state index in [1.165, 1.54) is 5.56 Å². The predicted molar refractivity (Wildman–Crippen MR) is 95.0 cm³/mol. The van der Waals surface area contributed by atoms with Gasteiger partial charge in [-0.1, -0.05) is 0 Å². The Kier molecular flexibility index (Phi) is 4.27. The van der Waals surface area contributed by atoms with Crippen molar-refractivity contribution in [1.29, 1.82) is 0 Å². The van der Waals surface area contributed by atoms with Gasteiger partial charge in [0.15, 0.2) is 5.65 Å². The Morgan fingerprint density at radius 1 is 1.32 bits per heavy atom. The zero-order valence-corrected chi connectivity index (χ0v) is 14.9. The van der Waals surface area contributed by atoms with Gasteiger partial charge in [-0.2, -0.15) is 10.2 Å². The van der Waals surface area contributed by atoms with Crippen molar-refractivity contribution >= 4 is 11.0 Å². The highest BCUT2D eigenvalue weighted by atomic mass is 16.5. The molecule has 1 saturated heterocycles. The Balaban J connectivity index is 1.40. The molecule has 132 valence electrons. The maximum absolute atomic E-state index is 5.95. The summed E-state index contributed by atoms with van der Waals surface area (Å²) in [6.07, 6.45) is 4.96. The Hall–Kier alpha value is -2.25. The summed E-state index contributed by atoms with van der Waals surface area (Å²) in [4.78, 5) is 4.54. The van der Waals surface area contributed by atoms with E-state index >= 15 is 0 Å². The first-order valence-corrected chi connectivity index (χ1v) is 8.72. The van der Waals surface area contributed by atoms with Gasteiger partial charge in [-0.25, -0.2) is 4.98 Å². The lowest BCUT2D eigenvalue weighted by Gasteiger charge is -2.19. The average molecular weight is 340 g/mol. The van der Waals surface area contributed by atoms with Crippen molar-refractivity contribution in [1.82, 2.24) is 29.9 Å². The minimum absolute atomic E-state index is 0.126. The van der Waals surface area contributed by atoms with Crippen LogP contribution in [0, 0.1) is 12.8 Å². The van der Waals surface area contributed by atoms with Gasteiger partial charge >= 0.3 is 0 Å². The van der Waals surface area contributed by atoms with Gasteiger partial charge in [0.1, 0.15) is 6.10 Å². The number of aromatic nitrogens is 5. The van der Waals surface area contributed by atoms with Crippen molar-refractivity contribution in [3.05, 3.63) is 41.5 Å². The lowest BCUT2D eigenvalue weighted by atomic mass is 9.99. The van der Waals surface area contributed by atoms with Crippen LogP contribution in [0.2, 0.25) is 0 Å². The quantitative estimate of drug-likeness (QED) is 0.768.